The van der Waals surface area contributed by atoms with E-state index in [9.17, 15) is 16.8 Å². The van der Waals surface area contributed by atoms with Crippen LogP contribution in [0, 0.1) is 0 Å². The lowest BCUT2D eigenvalue weighted by Gasteiger charge is -2.08. The fraction of sp³-hybridized carbons (Fsp3) is 0. The Balaban J connectivity index is 2.21. The standard InChI is InChI=1S/C12H12N2O5S2/c13-10-6-8-12(9-7-10)20(15,16)19-21(17,18)14-11-4-2-1-3-5-11/h1-9,14H,13H2. The quantitative estimate of drug-likeness (QED) is 0.800. The molecule has 0 amide bonds. The fourth-order valence-corrected chi connectivity index (χ4v) is 3.75. The largest absolute Gasteiger partial charge is 0.399 e. The summed E-state index contributed by atoms with van der Waals surface area (Å²) in [5.41, 5.74) is 5.96. The minimum absolute atomic E-state index is 0.185. The van der Waals surface area contributed by atoms with Crippen LogP contribution in [0.1, 0.15) is 0 Å². The monoisotopic (exact) mass is 328 g/mol. The Morgan fingerprint density at radius 3 is 2.00 bits per heavy atom. The van der Waals surface area contributed by atoms with Gasteiger partial charge in [0, 0.05) is 5.69 Å². The van der Waals surface area contributed by atoms with E-state index in [-0.39, 0.29) is 10.6 Å². The molecule has 0 aromatic heterocycles. The molecule has 2 aromatic rings. The van der Waals surface area contributed by atoms with E-state index in [4.69, 9.17) is 5.73 Å². The van der Waals surface area contributed by atoms with Crippen LogP contribution >= 0.6 is 0 Å². The maximum Gasteiger partial charge on any atom is 0.374 e. The van der Waals surface area contributed by atoms with Crippen LogP contribution in [0.15, 0.2) is 59.5 Å². The molecule has 0 heterocycles. The smallest absolute Gasteiger partial charge is 0.374 e. The second kappa shape index (κ2) is 5.72. The highest BCUT2D eigenvalue weighted by molar-refractivity contribution is 8.00. The van der Waals surface area contributed by atoms with Gasteiger partial charge in [-0.1, -0.05) is 18.2 Å². The van der Waals surface area contributed by atoms with Crippen LogP contribution in [0.5, 0.6) is 0 Å². The second-order valence-corrected chi connectivity index (χ2v) is 7.05. The van der Waals surface area contributed by atoms with Crippen molar-refractivity contribution in [2.75, 3.05) is 10.5 Å². The van der Waals surface area contributed by atoms with Gasteiger partial charge in [0.15, 0.2) is 0 Å². The zero-order valence-corrected chi connectivity index (χ0v) is 12.3. The van der Waals surface area contributed by atoms with Crippen LogP contribution in [0.2, 0.25) is 0 Å². The van der Waals surface area contributed by atoms with E-state index in [1.807, 2.05) is 4.72 Å². The maximum absolute atomic E-state index is 11.9. The number of nitrogen functional groups attached to an aromatic ring is 1. The molecular formula is C12H12N2O5S2. The number of benzene rings is 2. The highest BCUT2D eigenvalue weighted by Crippen LogP contribution is 2.18. The molecule has 0 saturated heterocycles. The van der Waals surface area contributed by atoms with Crippen LogP contribution < -0.4 is 10.5 Å². The lowest BCUT2D eigenvalue weighted by Crippen LogP contribution is -2.20. The molecule has 0 saturated carbocycles. The molecule has 112 valence electrons. The number of nitrogens with two attached hydrogens (primary N) is 1. The van der Waals surface area contributed by atoms with Crippen molar-refractivity contribution in [2.24, 2.45) is 0 Å². The molecule has 0 unspecified atom stereocenters. The summed E-state index contributed by atoms with van der Waals surface area (Å²) in [5.74, 6) is 0. The summed E-state index contributed by atoms with van der Waals surface area (Å²) in [7, 11) is -8.98. The summed E-state index contributed by atoms with van der Waals surface area (Å²) >= 11 is 0. The molecule has 0 bridgehead atoms. The molecule has 2 rings (SSSR count). The summed E-state index contributed by atoms with van der Waals surface area (Å²) in [5, 5.41) is 0. The van der Waals surface area contributed by atoms with Gasteiger partial charge in [0.25, 0.3) is 0 Å². The minimum Gasteiger partial charge on any atom is -0.399 e. The topological polar surface area (TPSA) is 116 Å². The van der Waals surface area contributed by atoms with Crippen molar-refractivity contribution in [2.45, 2.75) is 4.90 Å². The highest BCUT2D eigenvalue weighted by Gasteiger charge is 2.24. The molecule has 0 atom stereocenters. The Morgan fingerprint density at radius 1 is 0.857 bits per heavy atom. The van der Waals surface area contributed by atoms with E-state index >= 15 is 0 Å². The molecule has 0 radical (unpaired) electrons. The Kier molecular flexibility index (Phi) is 4.16. The molecule has 0 aliphatic heterocycles. The molecule has 0 spiro atoms. The SMILES string of the molecule is Nc1ccc(S(=O)(=O)OS(=O)(=O)Nc2ccccc2)cc1. The number of hydrogen-bond acceptors (Lipinski definition) is 6. The van der Waals surface area contributed by atoms with Gasteiger partial charge in [-0.25, -0.2) is 0 Å². The van der Waals surface area contributed by atoms with Crippen molar-refractivity contribution in [1.29, 1.82) is 0 Å². The number of anilines is 2. The second-order valence-electron chi connectivity index (χ2n) is 4.01. The van der Waals surface area contributed by atoms with Gasteiger partial charge in [-0.3, -0.25) is 4.72 Å². The summed E-state index contributed by atoms with van der Waals surface area (Å²) in [6, 6.07) is 12.7. The van der Waals surface area contributed by atoms with Crippen molar-refractivity contribution >= 4 is 31.8 Å². The van der Waals surface area contributed by atoms with Crippen LogP contribution in [0.3, 0.4) is 0 Å². The average molecular weight is 328 g/mol. The normalized spacial score (nSPS) is 12.0. The zero-order valence-electron chi connectivity index (χ0n) is 10.6. The molecule has 2 aromatic carbocycles. The molecule has 0 aliphatic rings. The molecule has 21 heavy (non-hydrogen) atoms. The van der Waals surface area contributed by atoms with E-state index in [0.717, 1.165) is 12.1 Å². The Hall–Kier alpha value is -2.10. The van der Waals surface area contributed by atoms with E-state index in [0.29, 0.717) is 5.69 Å². The summed E-state index contributed by atoms with van der Waals surface area (Å²) < 4.78 is 53.4. The Bertz CT molecular complexity index is 816. The van der Waals surface area contributed by atoms with Gasteiger partial charge in [0.2, 0.25) is 0 Å². The van der Waals surface area contributed by atoms with Gasteiger partial charge < -0.3 is 5.73 Å². The third-order valence-electron chi connectivity index (χ3n) is 2.36. The third kappa shape index (κ3) is 4.18. The van der Waals surface area contributed by atoms with Crippen LogP contribution in [0.25, 0.3) is 0 Å². The molecule has 7 nitrogen and oxygen atoms in total. The molecule has 0 fully saturated rings. The van der Waals surface area contributed by atoms with Crippen molar-refractivity contribution in [3.05, 3.63) is 54.6 Å². The molecule has 3 N–H and O–H groups in total. The van der Waals surface area contributed by atoms with Gasteiger partial charge in [-0.15, -0.1) is 3.63 Å². The van der Waals surface area contributed by atoms with Crippen molar-refractivity contribution in [3.63, 3.8) is 0 Å². The first-order valence-corrected chi connectivity index (χ1v) is 8.50. The number of hydrogen-bond donors (Lipinski definition) is 2. The van der Waals surface area contributed by atoms with Crippen molar-refractivity contribution < 1.29 is 20.5 Å². The highest BCUT2D eigenvalue weighted by atomic mass is 32.3. The minimum atomic E-state index is -4.52. The first kappa shape index (κ1) is 15.3. The Morgan fingerprint density at radius 2 is 1.43 bits per heavy atom. The van der Waals surface area contributed by atoms with Crippen molar-refractivity contribution in [3.8, 4) is 0 Å². The van der Waals surface area contributed by atoms with Crippen molar-refractivity contribution in [1.82, 2.24) is 0 Å². The molecule has 0 aliphatic carbocycles. The van der Waals surface area contributed by atoms with E-state index < -0.39 is 20.4 Å². The fourth-order valence-electron chi connectivity index (χ4n) is 1.46. The van der Waals surface area contributed by atoms with Gasteiger partial charge in [0.1, 0.15) is 0 Å². The van der Waals surface area contributed by atoms with Gasteiger partial charge in [0.05, 0.1) is 10.6 Å². The van der Waals surface area contributed by atoms with Crippen LogP contribution in [0.4, 0.5) is 11.4 Å². The summed E-state index contributed by atoms with van der Waals surface area (Å²) in [6.07, 6.45) is 0. The van der Waals surface area contributed by atoms with Crippen LogP contribution in [-0.2, 0) is 24.1 Å². The summed E-state index contributed by atoms with van der Waals surface area (Å²) in [6.45, 7) is 0. The number of para-hydroxylation sites is 1. The van der Waals surface area contributed by atoms with E-state index in [1.165, 1.54) is 24.3 Å². The average Bonchev–Trinajstić information content (AvgIpc) is 2.38. The summed E-state index contributed by atoms with van der Waals surface area (Å²) in [4.78, 5) is -0.310. The maximum atomic E-state index is 11.9. The van der Waals surface area contributed by atoms with E-state index in [2.05, 4.69) is 3.63 Å². The van der Waals surface area contributed by atoms with Gasteiger partial charge in [-0.05, 0) is 36.4 Å². The predicted octanol–water partition coefficient (Wildman–Crippen LogP) is 1.33. The number of nitrogens with one attached hydrogen (secondary N) is 1. The lowest BCUT2D eigenvalue weighted by molar-refractivity contribution is 0.466. The van der Waals surface area contributed by atoms with Crippen LogP contribution in [-0.4, -0.2) is 16.8 Å². The van der Waals surface area contributed by atoms with E-state index in [1.54, 1.807) is 18.2 Å². The lowest BCUT2D eigenvalue weighted by atomic mass is 10.3. The first-order valence-electron chi connectivity index (χ1n) is 5.68. The predicted molar refractivity (Wildman–Crippen MR) is 78.1 cm³/mol. The van der Waals surface area contributed by atoms with Gasteiger partial charge in [-0.2, -0.15) is 16.8 Å². The Labute approximate surface area is 122 Å². The third-order valence-corrected chi connectivity index (χ3v) is 5.13. The van der Waals surface area contributed by atoms with Gasteiger partial charge >= 0.3 is 20.4 Å². The first-order chi connectivity index (χ1) is 9.78. The number of rotatable bonds is 5. The zero-order chi connectivity index (χ0) is 15.5. The molecule has 9 heteroatoms. The molecular weight excluding hydrogens is 316 g/mol.